The van der Waals surface area contributed by atoms with Gasteiger partial charge in [0.05, 0.1) is 26.0 Å². The lowest BCUT2D eigenvalue weighted by atomic mass is 10.1. The van der Waals surface area contributed by atoms with Crippen molar-refractivity contribution in [3.8, 4) is 22.8 Å². The molecule has 1 aromatic heterocycles. The Kier molecular flexibility index (Phi) is 5.72. The Balaban J connectivity index is 1.76. The molecule has 4 rings (SSSR count). The van der Waals surface area contributed by atoms with Gasteiger partial charge < -0.3 is 19.1 Å². The lowest BCUT2D eigenvalue weighted by molar-refractivity contribution is 0.148. The van der Waals surface area contributed by atoms with Crippen molar-refractivity contribution in [1.82, 2.24) is 9.97 Å². The van der Waals surface area contributed by atoms with Gasteiger partial charge >= 0.3 is 0 Å². The molecule has 0 saturated carbocycles. The van der Waals surface area contributed by atoms with Crippen molar-refractivity contribution in [2.45, 2.75) is 6.61 Å². The summed E-state index contributed by atoms with van der Waals surface area (Å²) in [6.45, 7) is 1.48. The number of nitrogens with zero attached hydrogens (tertiary/aromatic N) is 3. The Hall–Kier alpha value is -3.38. The molecule has 148 valence electrons. The van der Waals surface area contributed by atoms with Crippen molar-refractivity contribution < 1.29 is 14.2 Å². The molecule has 0 unspecified atom stereocenters. The van der Waals surface area contributed by atoms with Crippen LogP contribution in [0.2, 0.25) is 0 Å². The Labute approximate surface area is 170 Å². The summed E-state index contributed by atoms with van der Waals surface area (Å²) in [5.74, 6) is 1.96. The molecule has 6 bridgehead atoms. The summed E-state index contributed by atoms with van der Waals surface area (Å²) in [6, 6.07) is 15.9. The maximum Gasteiger partial charge on any atom is 0.230 e. The summed E-state index contributed by atoms with van der Waals surface area (Å²) in [6.07, 6.45) is 5.67. The predicted molar refractivity (Wildman–Crippen MR) is 113 cm³/mol. The van der Waals surface area contributed by atoms with E-state index >= 15 is 0 Å². The predicted octanol–water partition coefficient (Wildman–Crippen LogP) is 4.39. The third-order valence-electron chi connectivity index (χ3n) is 4.68. The number of aromatic nitrogens is 2. The standard InChI is InChI=1S/C23H23N3O3/c1-26-19-7-5-6-17(14-19)16-28-12-3-4-13-29-22-15-18(8-9-21(22)27-2)20-10-11-24-23(26)25-20/h3-11,14-15H,12-13,16H2,1-2H3/b4-3+. The fraction of sp³-hybridized carbons (Fsp3) is 0.217. The number of rotatable bonds is 1. The van der Waals surface area contributed by atoms with E-state index < -0.39 is 0 Å². The second-order valence-corrected chi connectivity index (χ2v) is 6.63. The number of hydrogen-bond donors (Lipinski definition) is 0. The van der Waals surface area contributed by atoms with Crippen LogP contribution in [0.3, 0.4) is 0 Å². The normalized spacial score (nSPS) is 15.2. The van der Waals surface area contributed by atoms with Crippen LogP contribution in [0, 0.1) is 0 Å². The van der Waals surface area contributed by atoms with Crippen LogP contribution in [0.1, 0.15) is 5.56 Å². The Morgan fingerprint density at radius 3 is 2.83 bits per heavy atom. The highest BCUT2D eigenvalue weighted by atomic mass is 16.5. The first-order valence-electron chi connectivity index (χ1n) is 9.44. The van der Waals surface area contributed by atoms with Gasteiger partial charge in [-0.1, -0.05) is 18.2 Å². The van der Waals surface area contributed by atoms with Crippen molar-refractivity contribution >= 4 is 11.6 Å². The quantitative estimate of drug-likeness (QED) is 0.576. The lowest BCUT2D eigenvalue weighted by Crippen LogP contribution is -2.13. The molecule has 0 amide bonds. The van der Waals surface area contributed by atoms with E-state index in [1.54, 1.807) is 13.3 Å². The van der Waals surface area contributed by atoms with Crippen LogP contribution in [0.4, 0.5) is 11.6 Å². The molecule has 0 radical (unpaired) electrons. The maximum absolute atomic E-state index is 5.90. The van der Waals surface area contributed by atoms with E-state index in [-0.39, 0.29) is 0 Å². The molecule has 6 nitrogen and oxygen atoms in total. The number of methoxy groups -OCH3 is 1. The summed E-state index contributed by atoms with van der Waals surface area (Å²) < 4.78 is 17.1. The van der Waals surface area contributed by atoms with Gasteiger partial charge in [-0.3, -0.25) is 0 Å². The summed E-state index contributed by atoms with van der Waals surface area (Å²) in [5.41, 5.74) is 3.84. The van der Waals surface area contributed by atoms with Gasteiger partial charge in [0.2, 0.25) is 5.95 Å². The first-order chi connectivity index (χ1) is 14.2. The van der Waals surface area contributed by atoms with Crippen molar-refractivity contribution in [3.05, 3.63) is 72.4 Å². The van der Waals surface area contributed by atoms with E-state index in [1.165, 1.54) is 0 Å². The van der Waals surface area contributed by atoms with Gasteiger partial charge in [-0.25, -0.2) is 9.97 Å². The molecule has 0 aliphatic carbocycles. The van der Waals surface area contributed by atoms with Crippen LogP contribution in [0.25, 0.3) is 11.3 Å². The molecular weight excluding hydrogens is 366 g/mol. The van der Waals surface area contributed by atoms with Gasteiger partial charge in [0.25, 0.3) is 0 Å². The number of anilines is 2. The van der Waals surface area contributed by atoms with Crippen LogP contribution in [0.15, 0.2) is 66.9 Å². The van der Waals surface area contributed by atoms with Crippen LogP contribution < -0.4 is 14.4 Å². The molecular formula is C23H23N3O3. The minimum atomic E-state index is 0.427. The summed E-state index contributed by atoms with van der Waals surface area (Å²) in [4.78, 5) is 11.2. The van der Waals surface area contributed by atoms with Crippen LogP contribution in [-0.2, 0) is 11.3 Å². The van der Waals surface area contributed by atoms with E-state index in [9.17, 15) is 0 Å². The fourth-order valence-corrected chi connectivity index (χ4v) is 3.11. The molecule has 6 heteroatoms. The summed E-state index contributed by atoms with van der Waals surface area (Å²) in [7, 11) is 3.59. The summed E-state index contributed by atoms with van der Waals surface area (Å²) in [5, 5.41) is 0. The topological polar surface area (TPSA) is 56.7 Å². The average Bonchev–Trinajstić information content (AvgIpc) is 2.77. The Morgan fingerprint density at radius 1 is 1.03 bits per heavy atom. The lowest BCUT2D eigenvalue weighted by Gasteiger charge is -2.18. The highest BCUT2D eigenvalue weighted by molar-refractivity contribution is 5.66. The van der Waals surface area contributed by atoms with Gasteiger partial charge in [0, 0.05) is 24.5 Å². The zero-order valence-corrected chi connectivity index (χ0v) is 16.5. The number of ether oxygens (including phenoxy) is 3. The molecule has 0 spiro atoms. The van der Waals surface area contributed by atoms with Crippen molar-refractivity contribution in [2.75, 3.05) is 32.3 Å². The number of hydrogen-bond acceptors (Lipinski definition) is 6. The number of fused-ring (bicyclic) bond motifs is 7. The van der Waals surface area contributed by atoms with E-state index in [2.05, 4.69) is 11.1 Å². The molecule has 1 aliphatic rings. The largest absolute Gasteiger partial charge is 0.493 e. The van der Waals surface area contributed by atoms with E-state index in [4.69, 9.17) is 19.2 Å². The molecule has 1 aliphatic heterocycles. The molecule has 0 atom stereocenters. The third kappa shape index (κ3) is 4.38. The van der Waals surface area contributed by atoms with Gasteiger partial charge in [-0.2, -0.15) is 0 Å². The molecule has 2 heterocycles. The van der Waals surface area contributed by atoms with Gasteiger partial charge in [0.15, 0.2) is 11.5 Å². The van der Waals surface area contributed by atoms with E-state index in [0.29, 0.717) is 37.3 Å². The fourth-order valence-electron chi connectivity index (χ4n) is 3.11. The van der Waals surface area contributed by atoms with Gasteiger partial charge in [0.1, 0.15) is 6.61 Å². The second-order valence-electron chi connectivity index (χ2n) is 6.63. The Bertz CT molecular complexity index is 1020. The molecule has 0 saturated heterocycles. The second kappa shape index (κ2) is 8.75. The summed E-state index contributed by atoms with van der Waals surface area (Å²) >= 11 is 0. The van der Waals surface area contributed by atoms with Gasteiger partial charge in [-0.05, 0) is 48.0 Å². The van der Waals surface area contributed by atoms with E-state index in [1.807, 2.05) is 66.6 Å². The molecule has 2 aromatic carbocycles. The molecule has 0 fully saturated rings. The molecule has 29 heavy (non-hydrogen) atoms. The van der Waals surface area contributed by atoms with Crippen LogP contribution in [-0.4, -0.2) is 37.3 Å². The Morgan fingerprint density at radius 2 is 1.93 bits per heavy atom. The van der Waals surface area contributed by atoms with E-state index in [0.717, 1.165) is 22.5 Å². The minimum absolute atomic E-state index is 0.427. The highest BCUT2D eigenvalue weighted by Crippen LogP contribution is 2.32. The average molecular weight is 389 g/mol. The van der Waals surface area contributed by atoms with Crippen molar-refractivity contribution in [1.29, 1.82) is 0 Å². The molecule has 3 aromatic rings. The number of benzene rings is 2. The monoisotopic (exact) mass is 389 g/mol. The first-order valence-corrected chi connectivity index (χ1v) is 9.44. The zero-order chi connectivity index (χ0) is 20.1. The van der Waals surface area contributed by atoms with Crippen molar-refractivity contribution in [3.63, 3.8) is 0 Å². The van der Waals surface area contributed by atoms with Crippen LogP contribution in [0.5, 0.6) is 11.5 Å². The zero-order valence-electron chi connectivity index (χ0n) is 16.5. The highest BCUT2D eigenvalue weighted by Gasteiger charge is 2.12. The van der Waals surface area contributed by atoms with Gasteiger partial charge in [-0.15, -0.1) is 0 Å². The SMILES string of the molecule is COc1ccc2cc1OC/C=C/COCc1cccc(c1)N(C)c1nccc-2n1. The maximum atomic E-state index is 5.90. The third-order valence-corrected chi connectivity index (χ3v) is 4.68. The smallest absolute Gasteiger partial charge is 0.230 e. The first kappa shape index (κ1) is 19.0. The van der Waals surface area contributed by atoms with Crippen LogP contribution >= 0.6 is 0 Å². The molecule has 0 N–H and O–H groups in total. The van der Waals surface area contributed by atoms with Crippen molar-refractivity contribution in [2.24, 2.45) is 0 Å². The minimum Gasteiger partial charge on any atom is -0.493 e.